The number of phenols is 1. The molecular weight excluding hydrogens is 178 g/mol. The zero-order valence-corrected chi connectivity index (χ0v) is 8.27. The summed E-state index contributed by atoms with van der Waals surface area (Å²) in [5.41, 5.74) is 0.887. The Morgan fingerprint density at radius 1 is 1.29 bits per heavy atom. The second kappa shape index (κ2) is 4.46. The van der Waals surface area contributed by atoms with E-state index in [4.69, 9.17) is 5.11 Å². The van der Waals surface area contributed by atoms with E-state index < -0.39 is 0 Å². The molecule has 1 aromatic carbocycles. The summed E-state index contributed by atoms with van der Waals surface area (Å²) in [6, 6.07) is 6.66. The monoisotopic (exact) mass is 191 g/mol. The molecule has 0 atom stereocenters. The summed E-state index contributed by atoms with van der Waals surface area (Å²) in [5.74, 6) is 0.166. The minimum atomic E-state index is -0.0573. The van der Waals surface area contributed by atoms with E-state index in [1.165, 1.54) is 11.0 Å². The Balaban J connectivity index is 2.69. The number of phenolic OH excluding ortho intramolecular Hbond substituents is 1. The van der Waals surface area contributed by atoms with Crippen molar-refractivity contribution in [3.63, 3.8) is 0 Å². The Hall–Kier alpha value is -1.77. The van der Waals surface area contributed by atoms with E-state index >= 15 is 0 Å². The maximum atomic E-state index is 11.2. The van der Waals surface area contributed by atoms with Gasteiger partial charge >= 0.3 is 0 Å². The van der Waals surface area contributed by atoms with Gasteiger partial charge < -0.3 is 10.0 Å². The van der Waals surface area contributed by atoms with E-state index in [2.05, 4.69) is 0 Å². The fourth-order valence-corrected chi connectivity index (χ4v) is 0.902. The van der Waals surface area contributed by atoms with Crippen LogP contribution in [0.3, 0.4) is 0 Å². The first-order chi connectivity index (χ1) is 6.59. The fraction of sp³-hybridized carbons (Fsp3) is 0.182. The summed E-state index contributed by atoms with van der Waals surface area (Å²) in [4.78, 5) is 12.7. The van der Waals surface area contributed by atoms with E-state index in [1.54, 1.807) is 44.4 Å². The van der Waals surface area contributed by atoms with Gasteiger partial charge in [-0.1, -0.05) is 12.1 Å². The zero-order chi connectivity index (χ0) is 10.6. The lowest BCUT2D eigenvalue weighted by Crippen LogP contribution is -2.18. The molecule has 0 radical (unpaired) electrons. The number of nitrogens with zero attached hydrogens (tertiary/aromatic N) is 1. The van der Waals surface area contributed by atoms with Crippen molar-refractivity contribution in [3.05, 3.63) is 35.9 Å². The second-order valence-corrected chi connectivity index (χ2v) is 3.16. The summed E-state index contributed by atoms with van der Waals surface area (Å²) < 4.78 is 0. The van der Waals surface area contributed by atoms with Crippen LogP contribution in [0.4, 0.5) is 0 Å². The molecule has 0 unspecified atom stereocenters. The van der Waals surface area contributed by atoms with Crippen LogP contribution in [0.1, 0.15) is 5.56 Å². The van der Waals surface area contributed by atoms with Gasteiger partial charge in [0.2, 0.25) is 5.91 Å². The molecule has 1 aromatic rings. The largest absolute Gasteiger partial charge is 0.508 e. The highest BCUT2D eigenvalue weighted by Gasteiger charge is 1.96. The summed E-state index contributed by atoms with van der Waals surface area (Å²) in [7, 11) is 3.40. The van der Waals surface area contributed by atoms with Crippen molar-refractivity contribution in [2.24, 2.45) is 0 Å². The molecule has 14 heavy (non-hydrogen) atoms. The van der Waals surface area contributed by atoms with Crippen molar-refractivity contribution in [2.75, 3.05) is 14.1 Å². The maximum absolute atomic E-state index is 11.2. The molecule has 0 aliphatic carbocycles. The molecule has 0 saturated heterocycles. The van der Waals surface area contributed by atoms with Gasteiger partial charge in [0.1, 0.15) is 5.75 Å². The third-order valence-corrected chi connectivity index (χ3v) is 1.75. The van der Waals surface area contributed by atoms with Crippen LogP contribution in [-0.2, 0) is 4.79 Å². The first-order valence-electron chi connectivity index (χ1n) is 4.28. The third-order valence-electron chi connectivity index (χ3n) is 1.75. The van der Waals surface area contributed by atoms with Gasteiger partial charge in [0.25, 0.3) is 0 Å². The lowest BCUT2D eigenvalue weighted by atomic mass is 10.2. The van der Waals surface area contributed by atoms with Crippen LogP contribution in [-0.4, -0.2) is 30.0 Å². The molecule has 0 spiro atoms. The number of hydrogen-bond acceptors (Lipinski definition) is 2. The van der Waals surface area contributed by atoms with Gasteiger partial charge in [0, 0.05) is 20.2 Å². The van der Waals surface area contributed by atoms with Crippen LogP contribution in [0.25, 0.3) is 6.08 Å². The van der Waals surface area contributed by atoms with Crippen molar-refractivity contribution in [1.82, 2.24) is 4.90 Å². The van der Waals surface area contributed by atoms with E-state index in [9.17, 15) is 4.79 Å². The standard InChI is InChI=1S/C11H13NO2/c1-12(2)11(14)8-5-9-3-6-10(13)7-4-9/h3-8,13H,1-2H3. The first kappa shape index (κ1) is 10.3. The van der Waals surface area contributed by atoms with Crippen molar-refractivity contribution in [3.8, 4) is 5.75 Å². The predicted octanol–water partition coefficient (Wildman–Crippen LogP) is 1.49. The molecule has 3 nitrogen and oxygen atoms in total. The summed E-state index contributed by atoms with van der Waals surface area (Å²) in [5, 5.41) is 9.02. The highest BCUT2D eigenvalue weighted by Crippen LogP contribution is 2.10. The van der Waals surface area contributed by atoms with Gasteiger partial charge in [-0.3, -0.25) is 4.79 Å². The van der Waals surface area contributed by atoms with Gasteiger partial charge in [-0.2, -0.15) is 0 Å². The van der Waals surface area contributed by atoms with E-state index in [1.807, 2.05) is 0 Å². The number of hydrogen-bond donors (Lipinski definition) is 1. The molecule has 0 fully saturated rings. The van der Waals surface area contributed by atoms with Gasteiger partial charge in [-0.25, -0.2) is 0 Å². The lowest BCUT2D eigenvalue weighted by molar-refractivity contribution is -0.123. The molecule has 0 aliphatic heterocycles. The minimum Gasteiger partial charge on any atom is -0.508 e. The molecule has 0 bridgehead atoms. The van der Waals surface area contributed by atoms with Crippen LogP contribution < -0.4 is 0 Å². The quantitative estimate of drug-likeness (QED) is 0.719. The van der Waals surface area contributed by atoms with E-state index in [0.29, 0.717) is 0 Å². The number of carbonyl (C=O) groups excluding carboxylic acids is 1. The van der Waals surface area contributed by atoms with Gasteiger partial charge in [0.15, 0.2) is 0 Å². The Labute approximate surface area is 83.3 Å². The number of rotatable bonds is 2. The number of aromatic hydroxyl groups is 1. The molecule has 0 aromatic heterocycles. The average Bonchev–Trinajstić information content (AvgIpc) is 2.16. The summed E-state index contributed by atoms with van der Waals surface area (Å²) in [6.45, 7) is 0. The summed E-state index contributed by atoms with van der Waals surface area (Å²) >= 11 is 0. The Kier molecular flexibility index (Phi) is 3.29. The molecule has 0 saturated carbocycles. The van der Waals surface area contributed by atoms with Crippen molar-refractivity contribution in [2.45, 2.75) is 0 Å². The van der Waals surface area contributed by atoms with Gasteiger partial charge in [-0.05, 0) is 23.8 Å². The smallest absolute Gasteiger partial charge is 0.246 e. The molecule has 1 amide bonds. The zero-order valence-electron chi connectivity index (χ0n) is 8.27. The van der Waals surface area contributed by atoms with E-state index in [0.717, 1.165) is 5.56 Å². The van der Waals surface area contributed by atoms with Gasteiger partial charge in [0.05, 0.1) is 0 Å². The topological polar surface area (TPSA) is 40.5 Å². The Bertz CT molecular complexity index is 339. The van der Waals surface area contributed by atoms with Crippen molar-refractivity contribution >= 4 is 12.0 Å². The average molecular weight is 191 g/mol. The lowest BCUT2D eigenvalue weighted by Gasteiger charge is -2.04. The molecule has 3 heteroatoms. The molecule has 1 rings (SSSR count). The van der Waals surface area contributed by atoms with Crippen molar-refractivity contribution < 1.29 is 9.90 Å². The number of amides is 1. The third kappa shape index (κ3) is 2.94. The SMILES string of the molecule is CN(C)C(=O)C=Cc1ccc(O)cc1. The second-order valence-electron chi connectivity index (χ2n) is 3.16. The van der Waals surface area contributed by atoms with Crippen LogP contribution in [0.2, 0.25) is 0 Å². The normalized spacial score (nSPS) is 10.4. The maximum Gasteiger partial charge on any atom is 0.246 e. The van der Waals surface area contributed by atoms with E-state index in [-0.39, 0.29) is 11.7 Å². The molecule has 0 aliphatic rings. The molecular formula is C11H13NO2. The minimum absolute atomic E-state index is 0.0573. The predicted molar refractivity (Wildman–Crippen MR) is 55.8 cm³/mol. The highest BCUT2D eigenvalue weighted by molar-refractivity contribution is 5.91. The number of carbonyl (C=O) groups is 1. The molecule has 1 N–H and O–H groups in total. The molecule has 0 heterocycles. The highest BCUT2D eigenvalue weighted by atomic mass is 16.3. The van der Waals surface area contributed by atoms with Gasteiger partial charge in [-0.15, -0.1) is 0 Å². The van der Waals surface area contributed by atoms with Crippen LogP contribution >= 0.6 is 0 Å². The number of likely N-dealkylation sites (N-methyl/N-ethyl adjacent to an activating group) is 1. The summed E-state index contributed by atoms with van der Waals surface area (Å²) in [6.07, 6.45) is 3.20. The first-order valence-corrected chi connectivity index (χ1v) is 4.28. The van der Waals surface area contributed by atoms with Crippen LogP contribution in [0.15, 0.2) is 30.3 Å². The van der Waals surface area contributed by atoms with Crippen LogP contribution in [0, 0.1) is 0 Å². The Morgan fingerprint density at radius 3 is 2.36 bits per heavy atom. The fourth-order valence-electron chi connectivity index (χ4n) is 0.902. The van der Waals surface area contributed by atoms with Crippen LogP contribution in [0.5, 0.6) is 5.75 Å². The number of benzene rings is 1. The Morgan fingerprint density at radius 2 is 1.86 bits per heavy atom. The van der Waals surface area contributed by atoms with Crippen molar-refractivity contribution in [1.29, 1.82) is 0 Å². The molecule has 74 valence electrons.